The van der Waals surface area contributed by atoms with Crippen molar-refractivity contribution in [2.75, 3.05) is 25.1 Å². The summed E-state index contributed by atoms with van der Waals surface area (Å²) in [6.07, 6.45) is 5.30. The molecule has 0 aromatic heterocycles. The van der Waals surface area contributed by atoms with Crippen LogP contribution in [0.3, 0.4) is 0 Å². The van der Waals surface area contributed by atoms with Crippen LogP contribution in [0.1, 0.15) is 51.5 Å². The second-order valence-electron chi connectivity index (χ2n) is 5.46. The van der Waals surface area contributed by atoms with Crippen LogP contribution in [-0.4, -0.2) is 26.0 Å². The van der Waals surface area contributed by atoms with E-state index in [4.69, 9.17) is 9.47 Å². The summed E-state index contributed by atoms with van der Waals surface area (Å²) in [4.78, 5) is 0. The molecule has 0 bridgehead atoms. The lowest BCUT2D eigenvalue weighted by molar-refractivity contribution is -0.145. The van der Waals surface area contributed by atoms with E-state index in [1.807, 2.05) is 0 Å². The molecule has 3 heteroatoms. The minimum Gasteiger partial charge on any atom is -0.385 e. The van der Waals surface area contributed by atoms with Crippen molar-refractivity contribution < 1.29 is 9.47 Å². The van der Waals surface area contributed by atoms with Crippen LogP contribution in [0.2, 0.25) is 0 Å². The number of aryl methyl sites for hydroxylation is 1. The van der Waals surface area contributed by atoms with Crippen molar-refractivity contribution in [1.29, 1.82) is 0 Å². The molecule has 0 amide bonds. The molecule has 0 saturated carbocycles. The summed E-state index contributed by atoms with van der Waals surface area (Å²) in [5, 5.41) is 3.42. The lowest BCUT2D eigenvalue weighted by Gasteiger charge is -2.19. The van der Waals surface area contributed by atoms with E-state index in [1.54, 1.807) is 0 Å². The highest BCUT2D eigenvalue weighted by Gasteiger charge is 2.08. The molecule has 3 nitrogen and oxygen atoms in total. The maximum absolute atomic E-state index is 5.82. The number of rotatable bonds is 12. The molecule has 0 radical (unpaired) electrons. The lowest BCUT2D eigenvalue weighted by atomic mass is 10.2. The molecule has 1 rings (SSSR count). The Hall–Kier alpha value is -1.06. The van der Waals surface area contributed by atoms with E-state index in [0.717, 1.165) is 57.6 Å². The largest absolute Gasteiger partial charge is 0.385 e. The van der Waals surface area contributed by atoms with E-state index in [-0.39, 0.29) is 6.29 Å². The molecule has 0 aliphatic carbocycles. The predicted molar refractivity (Wildman–Crippen MR) is 89.8 cm³/mol. The Labute approximate surface area is 130 Å². The molecule has 1 aromatic carbocycles. The summed E-state index contributed by atoms with van der Waals surface area (Å²) in [6.45, 7) is 8.90. The number of nitrogens with one attached hydrogen (secondary N) is 1. The summed E-state index contributed by atoms with van der Waals surface area (Å²) >= 11 is 0. The highest BCUT2D eigenvalue weighted by molar-refractivity contribution is 5.44. The minimum atomic E-state index is -0.0824. The first-order valence-corrected chi connectivity index (χ1v) is 8.30. The molecule has 1 aromatic rings. The third kappa shape index (κ3) is 8.74. The molecule has 0 aliphatic heterocycles. The van der Waals surface area contributed by atoms with E-state index < -0.39 is 0 Å². The Bertz CT molecular complexity index is 341. The maximum Gasteiger partial charge on any atom is 0.159 e. The third-order valence-corrected chi connectivity index (χ3v) is 3.36. The smallest absolute Gasteiger partial charge is 0.159 e. The Morgan fingerprint density at radius 1 is 0.952 bits per heavy atom. The molecule has 0 unspecified atom stereocenters. The Kier molecular flexibility index (Phi) is 9.92. The van der Waals surface area contributed by atoms with Gasteiger partial charge in [0.1, 0.15) is 0 Å². The summed E-state index contributed by atoms with van der Waals surface area (Å²) in [5.41, 5.74) is 2.44. The number of benzene rings is 1. The van der Waals surface area contributed by atoms with Gasteiger partial charge in [0.15, 0.2) is 6.29 Å². The molecule has 0 fully saturated rings. The number of ether oxygens (including phenoxy) is 2. The fraction of sp³-hybridized carbons (Fsp3) is 0.667. The summed E-state index contributed by atoms with van der Waals surface area (Å²) in [6, 6.07) is 8.46. The number of hydrogen-bond acceptors (Lipinski definition) is 3. The molecule has 21 heavy (non-hydrogen) atoms. The van der Waals surface area contributed by atoms with Gasteiger partial charge in [-0.15, -0.1) is 0 Å². The zero-order valence-electron chi connectivity index (χ0n) is 13.9. The molecule has 0 spiro atoms. The van der Waals surface area contributed by atoms with Crippen molar-refractivity contribution in [3.05, 3.63) is 29.8 Å². The normalized spacial score (nSPS) is 11.0. The van der Waals surface area contributed by atoms with Gasteiger partial charge in [-0.25, -0.2) is 0 Å². The molecule has 0 atom stereocenters. The average Bonchev–Trinajstić information content (AvgIpc) is 2.49. The first kappa shape index (κ1) is 18.0. The van der Waals surface area contributed by atoms with Gasteiger partial charge >= 0.3 is 0 Å². The van der Waals surface area contributed by atoms with Gasteiger partial charge in [-0.3, -0.25) is 0 Å². The van der Waals surface area contributed by atoms with Gasteiger partial charge in [0.05, 0.1) is 0 Å². The van der Waals surface area contributed by atoms with E-state index in [2.05, 4.69) is 50.4 Å². The minimum absolute atomic E-state index is 0.0824. The molecular formula is C18H31NO2. The zero-order valence-corrected chi connectivity index (χ0v) is 13.9. The van der Waals surface area contributed by atoms with Crippen molar-refractivity contribution in [2.24, 2.45) is 0 Å². The van der Waals surface area contributed by atoms with Gasteiger partial charge in [0.2, 0.25) is 0 Å². The maximum atomic E-state index is 5.82. The van der Waals surface area contributed by atoms with Crippen LogP contribution in [0.15, 0.2) is 24.3 Å². The van der Waals surface area contributed by atoms with Crippen molar-refractivity contribution in [3.8, 4) is 0 Å². The topological polar surface area (TPSA) is 30.5 Å². The Balaban J connectivity index is 2.27. The molecule has 1 N–H and O–H groups in total. The quantitative estimate of drug-likeness (QED) is 0.445. The first-order chi connectivity index (χ1) is 10.3. The monoisotopic (exact) mass is 293 g/mol. The first-order valence-electron chi connectivity index (χ1n) is 8.30. The molecule has 120 valence electrons. The van der Waals surface area contributed by atoms with E-state index >= 15 is 0 Å². The van der Waals surface area contributed by atoms with Crippen LogP contribution in [0.5, 0.6) is 0 Å². The number of anilines is 1. The molecular weight excluding hydrogens is 262 g/mol. The van der Waals surface area contributed by atoms with Gasteiger partial charge in [0, 0.05) is 31.9 Å². The van der Waals surface area contributed by atoms with Gasteiger partial charge in [-0.05, 0) is 31.9 Å². The number of unbranched alkanes of at least 4 members (excludes halogenated alkanes) is 2. The summed E-state index contributed by atoms with van der Waals surface area (Å²) < 4.78 is 11.6. The second kappa shape index (κ2) is 11.6. The predicted octanol–water partition coefficient (Wildman–Crippen LogP) is 4.76. The Morgan fingerprint density at radius 3 is 2.05 bits per heavy atom. The molecule has 0 heterocycles. The summed E-state index contributed by atoms with van der Waals surface area (Å²) in [5.74, 6) is 0. The average molecular weight is 293 g/mol. The zero-order chi connectivity index (χ0) is 15.3. The van der Waals surface area contributed by atoms with E-state index in [9.17, 15) is 0 Å². The fourth-order valence-electron chi connectivity index (χ4n) is 1.94. The van der Waals surface area contributed by atoms with Crippen LogP contribution in [0.25, 0.3) is 0 Å². The van der Waals surface area contributed by atoms with Crippen molar-refractivity contribution in [2.45, 2.75) is 59.2 Å². The third-order valence-electron chi connectivity index (χ3n) is 3.36. The fourth-order valence-corrected chi connectivity index (χ4v) is 1.94. The summed E-state index contributed by atoms with van der Waals surface area (Å²) in [7, 11) is 0. The van der Waals surface area contributed by atoms with Crippen molar-refractivity contribution >= 4 is 5.69 Å². The molecule has 0 aliphatic rings. The highest BCUT2D eigenvalue weighted by atomic mass is 16.7. The van der Waals surface area contributed by atoms with Gasteiger partial charge in [-0.2, -0.15) is 0 Å². The van der Waals surface area contributed by atoms with Crippen LogP contribution in [0.4, 0.5) is 5.69 Å². The van der Waals surface area contributed by atoms with Gasteiger partial charge in [-0.1, -0.05) is 44.4 Å². The standard InChI is InChI=1S/C18H31NO2/c1-4-6-14-20-18(21-15-7-5-2)12-13-19-17-10-8-16(3)9-11-17/h8-11,18-19H,4-7,12-15H2,1-3H3. The van der Waals surface area contributed by atoms with Gasteiger partial charge < -0.3 is 14.8 Å². The Morgan fingerprint density at radius 2 is 1.52 bits per heavy atom. The highest BCUT2D eigenvalue weighted by Crippen LogP contribution is 2.10. The van der Waals surface area contributed by atoms with E-state index in [1.165, 1.54) is 5.56 Å². The van der Waals surface area contributed by atoms with Crippen LogP contribution >= 0.6 is 0 Å². The second-order valence-corrected chi connectivity index (χ2v) is 5.46. The SMILES string of the molecule is CCCCOC(CCNc1ccc(C)cc1)OCCCC. The lowest BCUT2D eigenvalue weighted by Crippen LogP contribution is -2.22. The van der Waals surface area contributed by atoms with Gasteiger partial charge in [0.25, 0.3) is 0 Å². The molecule has 0 saturated heterocycles. The van der Waals surface area contributed by atoms with Crippen molar-refractivity contribution in [1.82, 2.24) is 0 Å². The van der Waals surface area contributed by atoms with Crippen LogP contribution in [0, 0.1) is 6.92 Å². The van der Waals surface area contributed by atoms with Crippen LogP contribution in [-0.2, 0) is 9.47 Å². The number of hydrogen-bond donors (Lipinski definition) is 1. The van der Waals surface area contributed by atoms with Crippen molar-refractivity contribution in [3.63, 3.8) is 0 Å². The van der Waals surface area contributed by atoms with Crippen LogP contribution < -0.4 is 5.32 Å². The van der Waals surface area contributed by atoms with E-state index in [0.29, 0.717) is 0 Å².